The van der Waals surface area contributed by atoms with Crippen molar-refractivity contribution in [3.05, 3.63) is 11.7 Å². The molecule has 1 aliphatic rings. The first kappa shape index (κ1) is 15.4. The van der Waals surface area contributed by atoms with Crippen molar-refractivity contribution in [3.63, 3.8) is 0 Å². The highest BCUT2D eigenvalue weighted by Crippen LogP contribution is 2.35. The molecular weight excluding hydrogens is 254 g/mol. The molecule has 1 fully saturated rings. The molecule has 5 heteroatoms. The number of hydrogen-bond donors (Lipinski definition) is 1. The molecule has 0 radical (unpaired) electrons. The summed E-state index contributed by atoms with van der Waals surface area (Å²) in [5.74, 6) is 1.85. The third kappa shape index (κ3) is 4.03. The topological polar surface area (TPSA) is 74.2 Å². The van der Waals surface area contributed by atoms with Crippen LogP contribution in [0.25, 0.3) is 0 Å². The van der Waals surface area contributed by atoms with Crippen LogP contribution >= 0.6 is 0 Å². The van der Waals surface area contributed by atoms with Gasteiger partial charge in [0.2, 0.25) is 11.7 Å². The monoisotopic (exact) mass is 281 g/mol. The lowest BCUT2D eigenvalue weighted by Gasteiger charge is -2.26. The van der Waals surface area contributed by atoms with Gasteiger partial charge >= 0.3 is 0 Å². The third-order valence-corrected chi connectivity index (χ3v) is 4.17. The number of nitrogens with two attached hydrogens (primary N) is 1. The number of aromatic nitrogens is 2. The molecule has 0 saturated heterocycles. The summed E-state index contributed by atoms with van der Waals surface area (Å²) >= 11 is 0. The van der Waals surface area contributed by atoms with Gasteiger partial charge < -0.3 is 15.0 Å². The highest BCUT2D eigenvalue weighted by atomic mass is 16.5. The standard InChI is InChI=1S/C15H27N3O2/c1-3-7-12(16)10-13-17-15(18-20-13)14(19-2)11-8-5-4-6-9-11/h11-12,14H,3-10,16H2,1-2H3. The molecule has 20 heavy (non-hydrogen) atoms. The summed E-state index contributed by atoms with van der Waals surface area (Å²) in [6.07, 6.45) is 8.94. The molecule has 0 amide bonds. The van der Waals surface area contributed by atoms with Crippen molar-refractivity contribution in [2.45, 2.75) is 70.4 Å². The van der Waals surface area contributed by atoms with E-state index in [0.717, 1.165) is 12.8 Å². The smallest absolute Gasteiger partial charge is 0.228 e. The first-order valence-corrected chi connectivity index (χ1v) is 7.85. The minimum atomic E-state index is -0.0322. The van der Waals surface area contributed by atoms with Crippen LogP contribution in [0, 0.1) is 5.92 Å². The quantitative estimate of drug-likeness (QED) is 0.831. The summed E-state index contributed by atoms with van der Waals surface area (Å²) in [6, 6.07) is 0.101. The van der Waals surface area contributed by atoms with Crippen molar-refractivity contribution in [2.24, 2.45) is 11.7 Å². The van der Waals surface area contributed by atoms with Gasteiger partial charge in [0.15, 0.2) is 0 Å². The number of nitrogens with zero attached hydrogens (tertiary/aromatic N) is 2. The predicted molar refractivity (Wildman–Crippen MR) is 77.2 cm³/mol. The van der Waals surface area contributed by atoms with Crippen molar-refractivity contribution in [2.75, 3.05) is 7.11 Å². The Hall–Kier alpha value is -0.940. The van der Waals surface area contributed by atoms with Crippen molar-refractivity contribution >= 4 is 0 Å². The van der Waals surface area contributed by atoms with Gasteiger partial charge in [-0.3, -0.25) is 0 Å². The maximum atomic E-state index is 6.02. The van der Waals surface area contributed by atoms with Gasteiger partial charge in [0, 0.05) is 19.6 Å². The van der Waals surface area contributed by atoms with Crippen molar-refractivity contribution in [3.8, 4) is 0 Å². The van der Waals surface area contributed by atoms with Crippen molar-refractivity contribution < 1.29 is 9.26 Å². The van der Waals surface area contributed by atoms with Crippen LogP contribution in [-0.2, 0) is 11.2 Å². The minimum Gasteiger partial charge on any atom is -0.373 e. The number of ether oxygens (including phenoxy) is 1. The Morgan fingerprint density at radius 3 is 2.75 bits per heavy atom. The highest BCUT2D eigenvalue weighted by Gasteiger charge is 2.29. The molecule has 1 aromatic heterocycles. The average Bonchev–Trinajstić information content (AvgIpc) is 2.89. The summed E-state index contributed by atoms with van der Waals surface area (Å²) in [4.78, 5) is 4.50. The van der Waals surface area contributed by atoms with Crippen molar-refractivity contribution in [1.82, 2.24) is 10.1 Å². The zero-order valence-corrected chi connectivity index (χ0v) is 12.7. The van der Waals surface area contributed by atoms with E-state index in [1.54, 1.807) is 7.11 Å². The summed E-state index contributed by atoms with van der Waals surface area (Å²) in [5.41, 5.74) is 6.02. The van der Waals surface area contributed by atoms with Crippen LogP contribution in [-0.4, -0.2) is 23.3 Å². The van der Waals surface area contributed by atoms with E-state index in [-0.39, 0.29) is 12.1 Å². The first-order valence-electron chi connectivity index (χ1n) is 7.85. The molecule has 0 bridgehead atoms. The van der Waals surface area contributed by atoms with E-state index in [1.807, 2.05) is 0 Å². The zero-order valence-electron chi connectivity index (χ0n) is 12.7. The van der Waals surface area contributed by atoms with E-state index in [0.29, 0.717) is 24.1 Å². The van der Waals surface area contributed by atoms with Crippen LogP contribution in [0.15, 0.2) is 4.52 Å². The molecule has 1 heterocycles. The Balaban J connectivity index is 1.98. The molecule has 1 saturated carbocycles. The Kier molecular flexibility index (Phi) is 5.98. The third-order valence-electron chi connectivity index (χ3n) is 4.17. The Bertz CT molecular complexity index is 388. The molecule has 0 spiro atoms. The second-order valence-corrected chi connectivity index (χ2v) is 5.85. The second kappa shape index (κ2) is 7.74. The molecule has 0 aliphatic heterocycles. The predicted octanol–water partition coefficient (Wildman–Crippen LogP) is 3.01. The van der Waals surface area contributed by atoms with Crippen LogP contribution in [0.2, 0.25) is 0 Å². The summed E-state index contributed by atoms with van der Waals surface area (Å²) in [6.45, 7) is 2.13. The van der Waals surface area contributed by atoms with E-state index < -0.39 is 0 Å². The summed E-state index contributed by atoms with van der Waals surface area (Å²) in [7, 11) is 1.73. The van der Waals surface area contributed by atoms with Gasteiger partial charge in [-0.25, -0.2) is 0 Å². The molecular formula is C15H27N3O2. The average molecular weight is 281 g/mol. The fourth-order valence-corrected chi connectivity index (χ4v) is 3.11. The molecule has 2 N–H and O–H groups in total. The molecule has 5 nitrogen and oxygen atoms in total. The SMILES string of the molecule is CCCC(N)Cc1nc(C(OC)C2CCCCC2)no1. The number of methoxy groups -OCH3 is 1. The van der Waals surface area contributed by atoms with E-state index in [1.165, 1.54) is 32.1 Å². The van der Waals surface area contributed by atoms with Crippen LogP contribution in [0.4, 0.5) is 0 Å². The van der Waals surface area contributed by atoms with Crippen LogP contribution in [0.3, 0.4) is 0 Å². The number of hydrogen-bond acceptors (Lipinski definition) is 5. The van der Waals surface area contributed by atoms with E-state index in [4.69, 9.17) is 15.0 Å². The molecule has 1 aromatic rings. The molecule has 1 aliphatic carbocycles. The largest absolute Gasteiger partial charge is 0.373 e. The molecule has 2 rings (SSSR count). The van der Waals surface area contributed by atoms with Gasteiger partial charge in [0.05, 0.1) is 0 Å². The van der Waals surface area contributed by atoms with Gasteiger partial charge in [-0.05, 0) is 25.2 Å². The number of rotatable bonds is 7. The highest BCUT2D eigenvalue weighted by molar-refractivity contribution is 4.96. The molecule has 2 atom stereocenters. The van der Waals surface area contributed by atoms with Gasteiger partial charge in [-0.15, -0.1) is 0 Å². The molecule has 114 valence electrons. The van der Waals surface area contributed by atoms with Crippen molar-refractivity contribution in [1.29, 1.82) is 0 Å². The second-order valence-electron chi connectivity index (χ2n) is 5.85. The van der Waals surface area contributed by atoms with Crippen LogP contribution in [0.5, 0.6) is 0 Å². The van der Waals surface area contributed by atoms with Gasteiger partial charge in [-0.2, -0.15) is 4.98 Å². The fraction of sp³-hybridized carbons (Fsp3) is 0.867. The normalized spacial score (nSPS) is 19.9. The Labute approximate surface area is 121 Å². The lowest BCUT2D eigenvalue weighted by atomic mass is 9.85. The van der Waals surface area contributed by atoms with Gasteiger partial charge in [0.1, 0.15) is 6.10 Å². The lowest BCUT2D eigenvalue weighted by Crippen LogP contribution is -2.22. The maximum absolute atomic E-state index is 6.02. The maximum Gasteiger partial charge on any atom is 0.228 e. The van der Waals surface area contributed by atoms with Crippen LogP contribution < -0.4 is 5.73 Å². The minimum absolute atomic E-state index is 0.0322. The van der Waals surface area contributed by atoms with Gasteiger partial charge in [0.25, 0.3) is 0 Å². The van der Waals surface area contributed by atoms with E-state index in [2.05, 4.69) is 17.1 Å². The fourth-order valence-electron chi connectivity index (χ4n) is 3.11. The van der Waals surface area contributed by atoms with Crippen LogP contribution in [0.1, 0.15) is 69.7 Å². The lowest BCUT2D eigenvalue weighted by molar-refractivity contribution is 0.0273. The van der Waals surface area contributed by atoms with E-state index >= 15 is 0 Å². The first-order chi connectivity index (χ1) is 9.74. The van der Waals surface area contributed by atoms with Gasteiger partial charge in [-0.1, -0.05) is 37.8 Å². The molecule has 2 unspecified atom stereocenters. The summed E-state index contributed by atoms with van der Waals surface area (Å²) < 4.78 is 11.0. The molecule has 0 aromatic carbocycles. The zero-order chi connectivity index (χ0) is 14.4. The van der Waals surface area contributed by atoms with E-state index in [9.17, 15) is 0 Å². The summed E-state index contributed by atoms with van der Waals surface area (Å²) in [5, 5.41) is 4.11. The Morgan fingerprint density at radius 1 is 1.35 bits per heavy atom. The Morgan fingerprint density at radius 2 is 2.10 bits per heavy atom.